The molecule has 1 atom stereocenters. The smallest absolute Gasteiger partial charge is 0.123 e. The predicted octanol–water partition coefficient (Wildman–Crippen LogP) is 2.02. The van der Waals surface area contributed by atoms with Crippen molar-refractivity contribution in [3.05, 3.63) is 30.1 Å². The van der Waals surface area contributed by atoms with Gasteiger partial charge < -0.3 is 5.32 Å². The van der Waals surface area contributed by atoms with Crippen molar-refractivity contribution in [2.24, 2.45) is 0 Å². The molecule has 2 aliphatic rings. The summed E-state index contributed by atoms with van der Waals surface area (Å²) in [5, 5.41) is 3.36. The van der Waals surface area contributed by atoms with E-state index >= 15 is 0 Å². The standard InChI is InChI=1S/C15H22FN3/c16-13-3-5-14(6-4-13)17-7-9-18-10-11-19-8-1-2-15(19)12-18/h3-6,15,17H,1-2,7-12H2. The summed E-state index contributed by atoms with van der Waals surface area (Å²) < 4.78 is 12.8. The van der Waals surface area contributed by atoms with Crippen LogP contribution in [0.3, 0.4) is 0 Å². The first-order valence-electron chi connectivity index (χ1n) is 7.27. The van der Waals surface area contributed by atoms with Gasteiger partial charge in [-0.2, -0.15) is 0 Å². The minimum atomic E-state index is -0.178. The first-order valence-corrected chi connectivity index (χ1v) is 7.27. The number of nitrogens with zero attached hydrogens (tertiary/aromatic N) is 2. The van der Waals surface area contributed by atoms with E-state index < -0.39 is 0 Å². The fourth-order valence-corrected chi connectivity index (χ4v) is 3.18. The monoisotopic (exact) mass is 263 g/mol. The largest absolute Gasteiger partial charge is 0.384 e. The van der Waals surface area contributed by atoms with Gasteiger partial charge in [-0.1, -0.05) is 0 Å². The van der Waals surface area contributed by atoms with Gasteiger partial charge in [0.15, 0.2) is 0 Å². The zero-order valence-corrected chi connectivity index (χ0v) is 11.3. The van der Waals surface area contributed by atoms with Gasteiger partial charge in [0.25, 0.3) is 0 Å². The lowest BCUT2D eigenvalue weighted by molar-refractivity contribution is 0.108. The molecule has 0 aromatic heterocycles. The molecule has 1 aromatic rings. The Hall–Kier alpha value is -1.13. The number of benzene rings is 1. The van der Waals surface area contributed by atoms with Crippen molar-refractivity contribution in [2.45, 2.75) is 18.9 Å². The maximum atomic E-state index is 12.8. The maximum Gasteiger partial charge on any atom is 0.123 e. The van der Waals surface area contributed by atoms with Crippen LogP contribution in [0.1, 0.15) is 12.8 Å². The van der Waals surface area contributed by atoms with Crippen LogP contribution < -0.4 is 5.32 Å². The van der Waals surface area contributed by atoms with E-state index in [1.54, 1.807) is 12.1 Å². The molecule has 3 rings (SSSR count). The first-order chi connectivity index (χ1) is 9.31. The van der Waals surface area contributed by atoms with Gasteiger partial charge in [0.2, 0.25) is 0 Å². The average Bonchev–Trinajstić information content (AvgIpc) is 2.88. The van der Waals surface area contributed by atoms with E-state index in [1.807, 2.05) is 0 Å². The zero-order chi connectivity index (χ0) is 13.1. The van der Waals surface area contributed by atoms with Gasteiger partial charge in [-0.05, 0) is 43.7 Å². The third kappa shape index (κ3) is 3.25. The molecular formula is C15H22FN3. The Balaban J connectivity index is 1.41. The molecular weight excluding hydrogens is 241 g/mol. The van der Waals surface area contributed by atoms with Crippen LogP contribution in [-0.4, -0.2) is 55.1 Å². The SMILES string of the molecule is Fc1ccc(NCCN2CCN3CCCC3C2)cc1. The number of halogens is 1. The van der Waals surface area contributed by atoms with Crippen LogP contribution in [0.5, 0.6) is 0 Å². The molecule has 1 unspecified atom stereocenters. The molecule has 2 aliphatic heterocycles. The third-order valence-corrected chi connectivity index (χ3v) is 4.27. The fourth-order valence-electron chi connectivity index (χ4n) is 3.18. The Morgan fingerprint density at radius 1 is 1.16 bits per heavy atom. The van der Waals surface area contributed by atoms with Gasteiger partial charge in [0, 0.05) is 44.5 Å². The van der Waals surface area contributed by atoms with Crippen molar-refractivity contribution < 1.29 is 4.39 Å². The van der Waals surface area contributed by atoms with Gasteiger partial charge in [0.05, 0.1) is 0 Å². The lowest BCUT2D eigenvalue weighted by atomic mass is 10.1. The second-order valence-electron chi connectivity index (χ2n) is 5.57. The zero-order valence-electron chi connectivity index (χ0n) is 11.3. The Kier molecular flexibility index (Phi) is 3.99. The lowest BCUT2D eigenvalue weighted by Gasteiger charge is -2.37. The molecule has 0 aliphatic carbocycles. The summed E-state index contributed by atoms with van der Waals surface area (Å²) in [5.74, 6) is -0.178. The minimum absolute atomic E-state index is 0.178. The quantitative estimate of drug-likeness (QED) is 0.896. The maximum absolute atomic E-state index is 12.8. The Morgan fingerprint density at radius 3 is 2.84 bits per heavy atom. The summed E-state index contributed by atoms with van der Waals surface area (Å²) in [6, 6.07) is 7.38. The third-order valence-electron chi connectivity index (χ3n) is 4.27. The molecule has 1 N–H and O–H groups in total. The molecule has 0 radical (unpaired) electrons. The Labute approximate surface area is 114 Å². The Morgan fingerprint density at radius 2 is 2.00 bits per heavy atom. The molecule has 2 saturated heterocycles. The van der Waals surface area contributed by atoms with Crippen molar-refractivity contribution in [1.82, 2.24) is 9.80 Å². The number of fused-ring (bicyclic) bond motifs is 1. The van der Waals surface area contributed by atoms with E-state index in [0.29, 0.717) is 0 Å². The van der Waals surface area contributed by atoms with Crippen LogP contribution in [0.2, 0.25) is 0 Å². The molecule has 1 aromatic carbocycles. The fraction of sp³-hybridized carbons (Fsp3) is 0.600. The molecule has 0 bridgehead atoms. The van der Waals surface area contributed by atoms with E-state index in [0.717, 1.165) is 24.8 Å². The van der Waals surface area contributed by atoms with Crippen molar-refractivity contribution in [3.8, 4) is 0 Å². The Bertz CT molecular complexity index is 406. The van der Waals surface area contributed by atoms with Crippen LogP contribution in [0.15, 0.2) is 24.3 Å². The summed E-state index contributed by atoms with van der Waals surface area (Å²) in [6.45, 7) is 6.92. The number of hydrogen-bond donors (Lipinski definition) is 1. The average molecular weight is 263 g/mol. The summed E-state index contributed by atoms with van der Waals surface area (Å²) >= 11 is 0. The highest BCUT2D eigenvalue weighted by Crippen LogP contribution is 2.21. The number of hydrogen-bond acceptors (Lipinski definition) is 3. The van der Waals surface area contributed by atoms with E-state index in [2.05, 4.69) is 15.1 Å². The molecule has 0 saturated carbocycles. The number of anilines is 1. The molecule has 3 nitrogen and oxygen atoms in total. The highest BCUT2D eigenvalue weighted by Gasteiger charge is 2.29. The van der Waals surface area contributed by atoms with E-state index in [1.165, 1.54) is 51.2 Å². The number of nitrogens with one attached hydrogen (secondary N) is 1. The minimum Gasteiger partial charge on any atom is -0.384 e. The normalized spacial score (nSPS) is 24.4. The molecule has 2 fully saturated rings. The molecule has 104 valence electrons. The second kappa shape index (κ2) is 5.88. The number of piperazine rings is 1. The van der Waals surface area contributed by atoms with E-state index in [-0.39, 0.29) is 5.82 Å². The highest BCUT2D eigenvalue weighted by molar-refractivity contribution is 5.42. The van der Waals surface area contributed by atoms with Gasteiger partial charge in [-0.3, -0.25) is 9.80 Å². The summed E-state index contributed by atoms with van der Waals surface area (Å²) in [6.07, 6.45) is 2.73. The van der Waals surface area contributed by atoms with Crippen molar-refractivity contribution in [2.75, 3.05) is 44.6 Å². The summed E-state index contributed by atoms with van der Waals surface area (Å²) in [4.78, 5) is 5.17. The topological polar surface area (TPSA) is 18.5 Å². The van der Waals surface area contributed by atoms with Crippen molar-refractivity contribution >= 4 is 5.69 Å². The van der Waals surface area contributed by atoms with E-state index in [4.69, 9.17) is 0 Å². The van der Waals surface area contributed by atoms with Gasteiger partial charge in [0.1, 0.15) is 5.82 Å². The predicted molar refractivity (Wildman–Crippen MR) is 75.9 cm³/mol. The first kappa shape index (κ1) is 12.9. The molecule has 19 heavy (non-hydrogen) atoms. The van der Waals surface area contributed by atoms with Crippen LogP contribution in [0, 0.1) is 5.82 Å². The van der Waals surface area contributed by atoms with Crippen molar-refractivity contribution in [1.29, 1.82) is 0 Å². The lowest BCUT2D eigenvalue weighted by Crippen LogP contribution is -2.51. The van der Waals surface area contributed by atoms with Crippen LogP contribution in [-0.2, 0) is 0 Å². The molecule has 4 heteroatoms. The highest BCUT2D eigenvalue weighted by atomic mass is 19.1. The van der Waals surface area contributed by atoms with Crippen molar-refractivity contribution in [3.63, 3.8) is 0 Å². The summed E-state index contributed by atoms with van der Waals surface area (Å²) in [7, 11) is 0. The van der Waals surface area contributed by atoms with Crippen LogP contribution in [0.4, 0.5) is 10.1 Å². The van der Waals surface area contributed by atoms with Gasteiger partial charge in [-0.15, -0.1) is 0 Å². The van der Waals surface area contributed by atoms with Crippen LogP contribution >= 0.6 is 0 Å². The molecule has 2 heterocycles. The van der Waals surface area contributed by atoms with Gasteiger partial charge >= 0.3 is 0 Å². The second-order valence-corrected chi connectivity index (χ2v) is 5.57. The van der Waals surface area contributed by atoms with Crippen LogP contribution in [0.25, 0.3) is 0 Å². The van der Waals surface area contributed by atoms with Gasteiger partial charge in [-0.25, -0.2) is 4.39 Å². The molecule has 0 spiro atoms. The summed E-state index contributed by atoms with van der Waals surface area (Å²) in [5.41, 5.74) is 1.00. The number of rotatable bonds is 4. The molecule has 0 amide bonds. The van der Waals surface area contributed by atoms with E-state index in [9.17, 15) is 4.39 Å².